The van der Waals surface area contributed by atoms with Crippen LogP contribution in [0.4, 0.5) is 0 Å². The van der Waals surface area contributed by atoms with Crippen molar-refractivity contribution in [1.82, 2.24) is 0 Å². The van der Waals surface area contributed by atoms with E-state index in [1.165, 1.54) is 26.4 Å². The first-order chi connectivity index (χ1) is 22.0. The van der Waals surface area contributed by atoms with E-state index in [0.29, 0.717) is 28.2 Å². The second-order valence-electron chi connectivity index (χ2n) is 11.6. The highest BCUT2D eigenvalue weighted by molar-refractivity contribution is 7.46. The second-order valence-corrected chi connectivity index (χ2v) is 12.7. The topological polar surface area (TPSA) is 207 Å². The van der Waals surface area contributed by atoms with Crippen LogP contribution in [-0.2, 0) is 33.0 Å². The maximum atomic E-state index is 13.5. The van der Waals surface area contributed by atoms with Crippen molar-refractivity contribution in [2.75, 3.05) is 34.2 Å². The molecule has 2 aromatic rings. The van der Waals surface area contributed by atoms with E-state index in [-0.39, 0.29) is 37.3 Å². The number of ether oxygens (including phenoxy) is 9. The van der Waals surface area contributed by atoms with Gasteiger partial charge in [0.15, 0.2) is 35.6 Å². The first-order valence-electron chi connectivity index (χ1n) is 14.5. The average Bonchev–Trinajstić information content (AvgIpc) is 3.64. The van der Waals surface area contributed by atoms with E-state index in [1.54, 1.807) is 19.1 Å². The van der Waals surface area contributed by atoms with E-state index in [4.69, 9.17) is 47.2 Å². The van der Waals surface area contributed by atoms with Gasteiger partial charge in [-0.3, -0.25) is 14.6 Å². The number of phosphoric ester groups is 1. The Morgan fingerprint density at radius 1 is 0.891 bits per heavy atom. The average molecular weight is 669 g/mol. The van der Waals surface area contributed by atoms with Crippen molar-refractivity contribution in [3.8, 4) is 28.7 Å². The lowest BCUT2D eigenvalue weighted by molar-refractivity contribution is -0.364. The van der Waals surface area contributed by atoms with Crippen LogP contribution >= 0.6 is 7.82 Å². The van der Waals surface area contributed by atoms with Gasteiger partial charge in [-0.25, -0.2) is 4.57 Å². The summed E-state index contributed by atoms with van der Waals surface area (Å²) < 4.78 is 68.1. The van der Waals surface area contributed by atoms with Crippen LogP contribution in [0.1, 0.15) is 35.6 Å². The van der Waals surface area contributed by atoms with Gasteiger partial charge in [0.05, 0.1) is 39.5 Å². The third-order valence-corrected chi connectivity index (χ3v) is 9.36. The van der Waals surface area contributed by atoms with Gasteiger partial charge >= 0.3 is 13.8 Å². The molecule has 4 N–H and O–H groups in total. The molecule has 17 heteroatoms. The van der Waals surface area contributed by atoms with Gasteiger partial charge < -0.3 is 57.4 Å². The summed E-state index contributed by atoms with van der Waals surface area (Å²) in [6.07, 6.45) is -7.18. The summed E-state index contributed by atoms with van der Waals surface area (Å²) in [5.74, 6) is -2.25. The number of methoxy groups -OCH3 is 2. The summed E-state index contributed by atoms with van der Waals surface area (Å²) in [7, 11) is -2.40. The Kier molecular flexibility index (Phi) is 8.07. The van der Waals surface area contributed by atoms with Crippen LogP contribution in [-0.4, -0.2) is 97.2 Å². The molecule has 0 bridgehead atoms. The van der Waals surface area contributed by atoms with Gasteiger partial charge in [-0.2, -0.15) is 0 Å². The lowest BCUT2D eigenvalue weighted by Gasteiger charge is -2.47. The standard InChI is InChI=1S/C29H33O16P/c1-11-38-9-20-27(42-11)23(30)24(31)29(43-20)44-25-14-7-17-16(40-10-41-17)6-13(14)21(22-15(25)8-39-28(22)32)12-4-18(36-2)26(19(5-12)37-3)45-46(33,34)35/h4-7,11,15,20-25,27,29-31H,8-10H2,1-3H3,(H2,33,34,35)/t11?,15-,20?,21+,22-,23?,24?,25+,27?,29?/m0/s1. The van der Waals surface area contributed by atoms with Crippen LogP contribution in [0.5, 0.6) is 28.7 Å². The molecule has 16 nitrogen and oxygen atoms in total. The third kappa shape index (κ3) is 5.37. The molecule has 0 radical (unpaired) electrons. The van der Waals surface area contributed by atoms with Gasteiger partial charge in [-0.05, 0) is 47.9 Å². The molecule has 3 saturated heterocycles. The minimum absolute atomic E-state index is 0.0303. The molecule has 0 saturated carbocycles. The highest BCUT2D eigenvalue weighted by atomic mass is 31.2. The van der Waals surface area contributed by atoms with E-state index < -0.39 is 74.6 Å². The number of phosphoric acid groups is 1. The molecular formula is C29H33O16P. The molecule has 0 aromatic heterocycles. The molecule has 4 heterocycles. The molecule has 3 fully saturated rings. The zero-order valence-electron chi connectivity index (χ0n) is 24.8. The number of aliphatic hydroxyl groups is 2. The molecule has 4 aliphatic heterocycles. The molecule has 0 spiro atoms. The Morgan fingerprint density at radius 2 is 1.57 bits per heavy atom. The lowest BCUT2D eigenvalue weighted by Crippen LogP contribution is -2.63. The molecule has 7 rings (SSSR count). The van der Waals surface area contributed by atoms with Crippen molar-refractivity contribution in [2.24, 2.45) is 11.8 Å². The zero-order chi connectivity index (χ0) is 32.5. The fourth-order valence-corrected chi connectivity index (χ4v) is 7.35. The Hall–Kier alpha value is -3.18. The summed E-state index contributed by atoms with van der Waals surface area (Å²) in [5.41, 5.74) is 1.65. The SMILES string of the molecule is COc1cc([C@@H]2c3cc4c(cc3[C@@H](OC3OC5COC(C)OC5C(O)C3O)[C@H]3COC(=O)[C@H]23)OCO4)cc(OC)c1OP(=O)(O)O. The Labute approximate surface area is 262 Å². The van der Waals surface area contributed by atoms with Crippen molar-refractivity contribution >= 4 is 13.8 Å². The quantitative estimate of drug-likeness (QED) is 0.241. The first-order valence-corrected chi connectivity index (χ1v) is 16.1. The minimum Gasteiger partial charge on any atom is -0.493 e. The fraction of sp³-hybridized carbons (Fsp3) is 0.552. The highest BCUT2D eigenvalue weighted by Crippen LogP contribution is 2.57. The van der Waals surface area contributed by atoms with Crippen LogP contribution in [0.3, 0.4) is 0 Å². The Balaban J connectivity index is 1.32. The molecule has 1 aliphatic carbocycles. The summed E-state index contributed by atoms with van der Waals surface area (Å²) in [5, 5.41) is 22.0. The third-order valence-electron chi connectivity index (χ3n) is 8.94. The predicted molar refractivity (Wildman–Crippen MR) is 149 cm³/mol. The number of carbonyl (C=O) groups excluding carboxylic acids is 1. The normalized spacial score (nSPS) is 34.6. The number of carbonyl (C=O) groups is 1. The number of rotatable bonds is 7. The van der Waals surface area contributed by atoms with Crippen LogP contribution in [0.15, 0.2) is 24.3 Å². The molecule has 2 aromatic carbocycles. The van der Waals surface area contributed by atoms with E-state index in [1.807, 2.05) is 0 Å². The predicted octanol–water partition coefficient (Wildman–Crippen LogP) is 1.10. The number of benzene rings is 2. The van der Waals surface area contributed by atoms with E-state index in [9.17, 15) is 29.4 Å². The Morgan fingerprint density at radius 3 is 2.22 bits per heavy atom. The minimum atomic E-state index is -5.00. The number of hydrogen-bond acceptors (Lipinski definition) is 14. The maximum absolute atomic E-state index is 13.5. The van der Waals surface area contributed by atoms with Crippen molar-refractivity contribution in [3.05, 3.63) is 41.0 Å². The summed E-state index contributed by atoms with van der Waals surface area (Å²) in [4.78, 5) is 32.5. The zero-order valence-corrected chi connectivity index (χ0v) is 25.7. The Bertz CT molecular complexity index is 1530. The van der Waals surface area contributed by atoms with E-state index in [2.05, 4.69) is 0 Å². The number of cyclic esters (lactones) is 1. The smallest absolute Gasteiger partial charge is 0.493 e. The van der Waals surface area contributed by atoms with Gasteiger partial charge in [0.25, 0.3) is 0 Å². The van der Waals surface area contributed by atoms with Crippen LogP contribution in [0.2, 0.25) is 0 Å². The van der Waals surface area contributed by atoms with E-state index >= 15 is 0 Å². The largest absolute Gasteiger partial charge is 0.525 e. The van der Waals surface area contributed by atoms with E-state index in [0.717, 1.165) is 0 Å². The molecule has 0 amide bonds. The van der Waals surface area contributed by atoms with Gasteiger partial charge in [0.2, 0.25) is 12.5 Å². The summed E-state index contributed by atoms with van der Waals surface area (Å²) in [6.45, 7) is 1.72. The van der Waals surface area contributed by atoms with Gasteiger partial charge in [0, 0.05) is 11.8 Å². The first kappa shape index (κ1) is 31.4. The molecule has 10 atom stereocenters. The van der Waals surface area contributed by atoms with Gasteiger partial charge in [-0.15, -0.1) is 0 Å². The highest BCUT2D eigenvalue weighted by Gasteiger charge is 2.56. The van der Waals surface area contributed by atoms with Crippen molar-refractivity contribution < 1.29 is 76.5 Å². The lowest BCUT2D eigenvalue weighted by atomic mass is 9.66. The van der Waals surface area contributed by atoms with Gasteiger partial charge in [-0.1, -0.05) is 0 Å². The number of fused-ring (bicyclic) bond motifs is 4. The van der Waals surface area contributed by atoms with Crippen LogP contribution < -0.4 is 23.5 Å². The molecule has 46 heavy (non-hydrogen) atoms. The van der Waals surface area contributed by atoms with Crippen molar-refractivity contribution in [2.45, 2.75) is 55.9 Å². The van der Waals surface area contributed by atoms with Gasteiger partial charge in [0.1, 0.15) is 24.4 Å². The fourth-order valence-electron chi connectivity index (χ4n) is 6.93. The number of esters is 1. The van der Waals surface area contributed by atoms with Crippen molar-refractivity contribution in [1.29, 1.82) is 0 Å². The molecule has 5 aliphatic rings. The van der Waals surface area contributed by atoms with Crippen LogP contribution in [0.25, 0.3) is 0 Å². The summed E-state index contributed by atoms with van der Waals surface area (Å²) in [6, 6.07) is 6.47. The summed E-state index contributed by atoms with van der Waals surface area (Å²) >= 11 is 0. The molecular weight excluding hydrogens is 635 g/mol. The molecule has 250 valence electrons. The van der Waals surface area contributed by atoms with Crippen molar-refractivity contribution in [3.63, 3.8) is 0 Å². The number of hydrogen-bond donors (Lipinski definition) is 4. The van der Waals surface area contributed by atoms with Crippen LogP contribution in [0, 0.1) is 11.8 Å². The monoisotopic (exact) mass is 668 g/mol. The second kappa shape index (κ2) is 11.8. The molecule has 6 unspecified atom stereocenters. The number of aliphatic hydroxyl groups excluding tert-OH is 2. The maximum Gasteiger partial charge on any atom is 0.525 e.